The molecule has 0 saturated heterocycles. The first-order valence-electron chi connectivity index (χ1n) is 9.46. The van der Waals surface area contributed by atoms with Crippen LogP contribution in [0.2, 0.25) is 0 Å². The summed E-state index contributed by atoms with van der Waals surface area (Å²) >= 11 is 0. The van der Waals surface area contributed by atoms with Gasteiger partial charge in [-0.05, 0) is 28.8 Å². The van der Waals surface area contributed by atoms with E-state index in [1.807, 2.05) is 12.1 Å². The van der Waals surface area contributed by atoms with Gasteiger partial charge in [0.1, 0.15) is 5.25 Å². The van der Waals surface area contributed by atoms with Gasteiger partial charge in [-0.1, -0.05) is 78.9 Å². The Morgan fingerprint density at radius 2 is 1.40 bits per heavy atom. The molecule has 2 aliphatic carbocycles. The van der Waals surface area contributed by atoms with Crippen molar-refractivity contribution in [1.29, 1.82) is 0 Å². The van der Waals surface area contributed by atoms with Gasteiger partial charge in [0.25, 0.3) is 5.70 Å². The summed E-state index contributed by atoms with van der Waals surface area (Å²) in [5.74, 6) is 0. The van der Waals surface area contributed by atoms with E-state index in [2.05, 4.69) is 0 Å². The molecule has 6 heteroatoms. The quantitative estimate of drug-likeness (QED) is 0.500. The van der Waals surface area contributed by atoms with Gasteiger partial charge in [0, 0.05) is 18.1 Å². The first kappa shape index (κ1) is 19.8. The van der Waals surface area contributed by atoms with E-state index < -0.39 is 20.0 Å². The Balaban J connectivity index is 1.96. The van der Waals surface area contributed by atoms with Gasteiger partial charge >= 0.3 is 0 Å². The molecule has 2 bridgehead atoms. The number of nitro groups is 1. The van der Waals surface area contributed by atoms with Crippen LogP contribution in [0.1, 0.15) is 17.2 Å². The van der Waals surface area contributed by atoms with Gasteiger partial charge in [-0.3, -0.25) is 10.1 Å². The minimum Gasteiger partial charge on any atom is -0.258 e. The summed E-state index contributed by atoms with van der Waals surface area (Å²) in [6, 6.07) is 17.3. The van der Waals surface area contributed by atoms with Crippen LogP contribution in [0.3, 0.4) is 0 Å². The topological polar surface area (TPSA) is 77.3 Å². The van der Waals surface area contributed by atoms with E-state index in [9.17, 15) is 18.5 Å². The second-order valence-electron chi connectivity index (χ2n) is 7.03. The lowest BCUT2D eigenvalue weighted by molar-refractivity contribution is -0.420. The summed E-state index contributed by atoms with van der Waals surface area (Å²) < 4.78 is 27.5. The predicted octanol–water partition coefficient (Wildman–Crippen LogP) is 5.11. The number of nitrogens with zero attached hydrogens (tertiary/aromatic N) is 1. The monoisotopic (exact) mass is 417 g/mol. The Bertz CT molecular complexity index is 1230. The number of rotatable bonds is 5. The molecule has 0 heterocycles. The lowest BCUT2D eigenvalue weighted by Crippen LogP contribution is -2.17. The Morgan fingerprint density at radius 3 is 2.03 bits per heavy atom. The SMILES string of the molecule is O=[N+]([O-])C1=CC=C(C(c2ccccc2)S(=O)(=O)c2ccccc2)C2=CC=CC=C1C2. The van der Waals surface area contributed by atoms with Crippen LogP contribution < -0.4 is 0 Å². The maximum Gasteiger partial charge on any atom is 0.272 e. The average molecular weight is 417 g/mol. The van der Waals surface area contributed by atoms with Gasteiger partial charge in [-0.2, -0.15) is 0 Å². The molecule has 2 aromatic carbocycles. The number of sulfone groups is 1. The number of allylic oxidation sites excluding steroid dienone is 8. The number of hydrogen-bond acceptors (Lipinski definition) is 4. The molecule has 4 rings (SSSR count). The molecule has 5 nitrogen and oxygen atoms in total. The highest BCUT2D eigenvalue weighted by Crippen LogP contribution is 2.42. The van der Waals surface area contributed by atoms with Gasteiger partial charge in [0.05, 0.1) is 9.82 Å². The highest BCUT2D eigenvalue weighted by molar-refractivity contribution is 7.92. The van der Waals surface area contributed by atoms with E-state index in [0.29, 0.717) is 23.1 Å². The highest BCUT2D eigenvalue weighted by atomic mass is 32.2. The van der Waals surface area contributed by atoms with Gasteiger partial charge in [0.2, 0.25) is 0 Å². The van der Waals surface area contributed by atoms with Gasteiger partial charge < -0.3 is 0 Å². The molecular weight excluding hydrogens is 398 g/mol. The summed E-state index contributed by atoms with van der Waals surface area (Å²) in [6.07, 6.45) is 10.4. The predicted molar refractivity (Wildman–Crippen MR) is 116 cm³/mol. The lowest BCUT2D eigenvalue weighted by Gasteiger charge is -2.23. The van der Waals surface area contributed by atoms with Crippen LogP contribution in [0, 0.1) is 10.1 Å². The fourth-order valence-electron chi connectivity index (χ4n) is 3.76. The van der Waals surface area contributed by atoms with Crippen LogP contribution in [0.15, 0.2) is 124 Å². The maximum atomic E-state index is 13.8. The number of fused-ring (bicyclic) bond motifs is 2. The minimum atomic E-state index is -3.81. The van der Waals surface area contributed by atoms with E-state index in [1.165, 1.54) is 6.08 Å². The normalized spacial score (nSPS) is 16.9. The van der Waals surface area contributed by atoms with Crippen LogP contribution in [0.25, 0.3) is 0 Å². The molecule has 0 aliphatic heterocycles. The fourth-order valence-corrected chi connectivity index (χ4v) is 5.65. The summed E-state index contributed by atoms with van der Waals surface area (Å²) in [4.78, 5) is 11.4. The third kappa shape index (κ3) is 3.69. The average Bonchev–Trinajstić information content (AvgIpc) is 3.09. The van der Waals surface area contributed by atoms with Crippen molar-refractivity contribution in [1.82, 2.24) is 0 Å². The minimum absolute atomic E-state index is 0.0219. The molecule has 0 N–H and O–H groups in total. The van der Waals surface area contributed by atoms with Crippen molar-refractivity contribution in [3.63, 3.8) is 0 Å². The first-order valence-corrected chi connectivity index (χ1v) is 11.0. The molecule has 2 aromatic rings. The lowest BCUT2D eigenvalue weighted by atomic mass is 9.94. The van der Waals surface area contributed by atoms with Gasteiger partial charge in [-0.15, -0.1) is 0 Å². The molecule has 1 unspecified atom stereocenters. The molecule has 2 aliphatic rings. The number of benzene rings is 2. The fraction of sp³-hybridized carbons (Fsp3) is 0.0833. The molecule has 150 valence electrons. The van der Waals surface area contributed by atoms with Crippen molar-refractivity contribution < 1.29 is 13.3 Å². The van der Waals surface area contributed by atoms with E-state index >= 15 is 0 Å². The van der Waals surface area contributed by atoms with Crippen LogP contribution in [-0.4, -0.2) is 13.3 Å². The van der Waals surface area contributed by atoms with E-state index in [-0.39, 0.29) is 10.6 Å². The molecular formula is C24H19NO4S. The van der Waals surface area contributed by atoms with Crippen LogP contribution in [0.4, 0.5) is 0 Å². The maximum absolute atomic E-state index is 13.8. The van der Waals surface area contributed by atoms with Gasteiger partial charge in [-0.25, -0.2) is 8.42 Å². The molecule has 0 saturated carbocycles. The first-order chi connectivity index (χ1) is 14.5. The van der Waals surface area contributed by atoms with Crippen LogP contribution in [0.5, 0.6) is 0 Å². The molecule has 0 aromatic heterocycles. The molecule has 0 fully saturated rings. The molecule has 30 heavy (non-hydrogen) atoms. The van der Waals surface area contributed by atoms with Crippen molar-refractivity contribution in [2.75, 3.05) is 0 Å². The van der Waals surface area contributed by atoms with Crippen molar-refractivity contribution in [3.05, 3.63) is 135 Å². The Morgan fingerprint density at radius 1 is 0.800 bits per heavy atom. The third-order valence-corrected chi connectivity index (χ3v) is 7.25. The second kappa shape index (κ2) is 8.08. The van der Waals surface area contributed by atoms with Crippen molar-refractivity contribution in [3.8, 4) is 0 Å². The van der Waals surface area contributed by atoms with Crippen LogP contribution >= 0.6 is 0 Å². The smallest absolute Gasteiger partial charge is 0.258 e. The van der Waals surface area contributed by atoms with Crippen molar-refractivity contribution in [2.24, 2.45) is 0 Å². The molecule has 0 radical (unpaired) electrons. The third-order valence-electron chi connectivity index (χ3n) is 5.17. The van der Waals surface area contributed by atoms with Crippen molar-refractivity contribution in [2.45, 2.75) is 16.6 Å². The van der Waals surface area contributed by atoms with Crippen LogP contribution in [-0.2, 0) is 9.84 Å². The Kier molecular flexibility index (Phi) is 5.33. The highest BCUT2D eigenvalue weighted by Gasteiger charge is 2.35. The largest absolute Gasteiger partial charge is 0.272 e. The van der Waals surface area contributed by atoms with E-state index in [1.54, 1.807) is 78.9 Å². The van der Waals surface area contributed by atoms with E-state index in [4.69, 9.17) is 0 Å². The molecule has 0 amide bonds. The Labute approximate surface area is 175 Å². The van der Waals surface area contributed by atoms with Crippen molar-refractivity contribution >= 4 is 9.84 Å². The van der Waals surface area contributed by atoms with E-state index in [0.717, 1.165) is 5.57 Å². The Hall–Kier alpha value is -3.51. The zero-order chi connectivity index (χ0) is 21.1. The summed E-state index contributed by atoms with van der Waals surface area (Å²) in [6.45, 7) is 0. The summed E-state index contributed by atoms with van der Waals surface area (Å²) in [5.41, 5.74) is 2.43. The van der Waals surface area contributed by atoms with Gasteiger partial charge in [0.15, 0.2) is 9.84 Å². The standard InChI is InChI=1S/C24H19NO4S/c26-25(27)23-16-15-22(19-11-7-8-12-20(23)17-19)24(18-9-3-1-4-10-18)30(28,29)21-13-5-2-6-14-21/h1-16,24H,17H2. The summed E-state index contributed by atoms with van der Waals surface area (Å²) in [7, 11) is -3.81. The molecule has 1 atom stereocenters. The number of hydrogen-bond donors (Lipinski definition) is 0. The summed E-state index contributed by atoms with van der Waals surface area (Å²) in [5, 5.41) is 10.6. The zero-order valence-electron chi connectivity index (χ0n) is 16.0. The zero-order valence-corrected chi connectivity index (χ0v) is 16.8. The second-order valence-corrected chi connectivity index (χ2v) is 9.06. The molecule has 0 spiro atoms.